The van der Waals surface area contributed by atoms with E-state index < -0.39 is 10.0 Å². The number of sulfonamides is 1. The lowest BCUT2D eigenvalue weighted by atomic mass is 9.92. The van der Waals surface area contributed by atoms with Crippen LogP contribution in [0.3, 0.4) is 0 Å². The number of rotatable bonds is 5. The summed E-state index contributed by atoms with van der Waals surface area (Å²) in [5, 5.41) is 2.10. The van der Waals surface area contributed by atoms with Crippen LogP contribution in [0.25, 0.3) is 0 Å². The summed E-state index contributed by atoms with van der Waals surface area (Å²) in [6.45, 7) is 4.98. The minimum Gasteiger partial charge on any atom is -0.335 e. The van der Waals surface area contributed by atoms with Gasteiger partial charge in [0.15, 0.2) is 5.78 Å². The SMILES string of the molecule is CC[C@H]1c2ccsc2CCN1C(=O)C1CCN(S(=O)(=O)c2ccc(C(C)=O)cc2)CC1. The molecular weight excluding hydrogens is 432 g/mol. The minimum atomic E-state index is -3.63. The van der Waals surface area contributed by atoms with Crippen LogP contribution in [0.4, 0.5) is 0 Å². The van der Waals surface area contributed by atoms with Gasteiger partial charge in [-0.1, -0.05) is 19.1 Å². The molecule has 8 heteroatoms. The number of carbonyl (C=O) groups is 2. The molecule has 0 aliphatic carbocycles. The van der Waals surface area contributed by atoms with Crippen LogP contribution in [0.15, 0.2) is 40.6 Å². The van der Waals surface area contributed by atoms with E-state index in [0.29, 0.717) is 31.5 Å². The van der Waals surface area contributed by atoms with Gasteiger partial charge in [-0.3, -0.25) is 9.59 Å². The minimum absolute atomic E-state index is 0.0963. The van der Waals surface area contributed by atoms with Gasteiger partial charge < -0.3 is 4.90 Å². The number of carbonyl (C=O) groups excluding carboxylic acids is 2. The van der Waals surface area contributed by atoms with Gasteiger partial charge in [-0.05, 0) is 61.7 Å². The number of ketones is 1. The van der Waals surface area contributed by atoms with Crippen molar-refractivity contribution in [1.82, 2.24) is 9.21 Å². The van der Waals surface area contributed by atoms with E-state index in [1.807, 2.05) is 4.90 Å². The number of hydrogen-bond donors (Lipinski definition) is 0. The van der Waals surface area contributed by atoms with E-state index in [0.717, 1.165) is 19.4 Å². The van der Waals surface area contributed by atoms with Crippen LogP contribution < -0.4 is 0 Å². The fourth-order valence-corrected chi connectivity index (χ4v) is 7.09. The normalized spacial score (nSPS) is 20.5. The maximum absolute atomic E-state index is 13.3. The quantitative estimate of drug-likeness (QED) is 0.635. The highest BCUT2D eigenvalue weighted by Crippen LogP contribution is 2.37. The average Bonchev–Trinajstić information content (AvgIpc) is 3.27. The second kappa shape index (κ2) is 8.84. The van der Waals surface area contributed by atoms with Gasteiger partial charge in [0.25, 0.3) is 0 Å². The summed E-state index contributed by atoms with van der Waals surface area (Å²) in [6.07, 6.45) is 2.86. The molecule has 2 aliphatic heterocycles. The first-order valence-electron chi connectivity index (χ1n) is 10.8. The van der Waals surface area contributed by atoms with Crippen molar-refractivity contribution >= 4 is 33.1 Å². The summed E-state index contributed by atoms with van der Waals surface area (Å²) in [5.41, 5.74) is 1.77. The van der Waals surface area contributed by atoms with E-state index in [1.54, 1.807) is 23.5 Å². The third-order valence-corrected chi connectivity index (χ3v) is 9.38. The standard InChI is InChI=1S/C23H28N2O4S2/c1-3-21-20-11-15-30-22(20)10-14-25(21)23(27)18-8-12-24(13-9-18)31(28,29)19-6-4-17(5-7-19)16(2)26/h4-7,11,15,18,21H,3,8-10,12-14H2,1-2H3/t21-/m0/s1. The van der Waals surface area contributed by atoms with Gasteiger partial charge in [-0.15, -0.1) is 11.3 Å². The summed E-state index contributed by atoms with van der Waals surface area (Å²) in [7, 11) is -3.63. The first-order chi connectivity index (χ1) is 14.8. The molecule has 1 fully saturated rings. The Morgan fingerprint density at radius 2 is 1.74 bits per heavy atom. The highest BCUT2D eigenvalue weighted by molar-refractivity contribution is 7.89. The maximum Gasteiger partial charge on any atom is 0.243 e. The second-order valence-corrected chi connectivity index (χ2v) is 11.2. The van der Waals surface area contributed by atoms with Gasteiger partial charge in [-0.25, -0.2) is 8.42 Å². The van der Waals surface area contributed by atoms with E-state index in [-0.39, 0.29) is 28.5 Å². The Morgan fingerprint density at radius 1 is 1.06 bits per heavy atom. The highest BCUT2D eigenvalue weighted by Gasteiger charge is 2.37. The van der Waals surface area contributed by atoms with E-state index >= 15 is 0 Å². The van der Waals surface area contributed by atoms with Crippen LogP contribution in [0.5, 0.6) is 0 Å². The third kappa shape index (κ3) is 4.21. The van der Waals surface area contributed by atoms with Crippen molar-refractivity contribution in [2.45, 2.75) is 50.5 Å². The molecule has 0 spiro atoms. The molecule has 1 saturated heterocycles. The van der Waals surface area contributed by atoms with Gasteiger partial charge in [0.1, 0.15) is 0 Å². The van der Waals surface area contributed by atoms with E-state index in [9.17, 15) is 18.0 Å². The molecular formula is C23H28N2O4S2. The molecule has 4 rings (SSSR count). The fraction of sp³-hybridized carbons (Fsp3) is 0.478. The Labute approximate surface area is 187 Å². The zero-order valence-corrected chi connectivity index (χ0v) is 19.5. The summed E-state index contributed by atoms with van der Waals surface area (Å²) < 4.78 is 27.5. The van der Waals surface area contributed by atoms with Crippen LogP contribution in [0, 0.1) is 5.92 Å². The van der Waals surface area contributed by atoms with Crippen molar-refractivity contribution in [1.29, 1.82) is 0 Å². The first kappa shape index (κ1) is 22.2. The molecule has 0 bridgehead atoms. The molecule has 2 aromatic rings. The molecule has 1 aromatic heterocycles. The number of hydrogen-bond acceptors (Lipinski definition) is 5. The predicted octanol–water partition coefficient (Wildman–Crippen LogP) is 3.89. The van der Waals surface area contributed by atoms with Crippen molar-refractivity contribution in [2.75, 3.05) is 19.6 Å². The molecule has 2 aliphatic rings. The summed E-state index contributed by atoms with van der Waals surface area (Å²) in [4.78, 5) is 28.3. The largest absolute Gasteiger partial charge is 0.335 e. The second-order valence-electron chi connectivity index (χ2n) is 8.26. The van der Waals surface area contributed by atoms with Crippen LogP contribution in [0.1, 0.15) is 60.0 Å². The number of piperidine rings is 1. The van der Waals surface area contributed by atoms with Crippen molar-refractivity contribution in [3.8, 4) is 0 Å². The number of thiophene rings is 1. The Morgan fingerprint density at radius 3 is 2.35 bits per heavy atom. The van der Waals surface area contributed by atoms with Gasteiger partial charge in [0.05, 0.1) is 10.9 Å². The number of fused-ring (bicyclic) bond motifs is 1. The van der Waals surface area contributed by atoms with Gasteiger partial charge in [-0.2, -0.15) is 4.31 Å². The number of benzene rings is 1. The van der Waals surface area contributed by atoms with Crippen LogP contribution in [0.2, 0.25) is 0 Å². The first-order valence-corrected chi connectivity index (χ1v) is 13.1. The lowest BCUT2D eigenvalue weighted by Gasteiger charge is -2.39. The molecule has 1 atom stereocenters. The zero-order chi connectivity index (χ0) is 22.2. The number of nitrogens with zero attached hydrogens (tertiary/aromatic N) is 2. The van der Waals surface area contributed by atoms with Crippen molar-refractivity contribution in [3.05, 3.63) is 51.7 Å². The number of amides is 1. The summed E-state index contributed by atoms with van der Waals surface area (Å²) in [6, 6.07) is 8.34. The molecule has 3 heterocycles. The Hall–Kier alpha value is -2.03. The molecule has 31 heavy (non-hydrogen) atoms. The third-order valence-electron chi connectivity index (χ3n) is 6.47. The monoisotopic (exact) mass is 460 g/mol. The van der Waals surface area contributed by atoms with Gasteiger partial charge in [0.2, 0.25) is 15.9 Å². The Balaban J connectivity index is 1.42. The van der Waals surface area contributed by atoms with E-state index in [4.69, 9.17) is 0 Å². The summed E-state index contributed by atoms with van der Waals surface area (Å²) >= 11 is 1.77. The highest BCUT2D eigenvalue weighted by atomic mass is 32.2. The van der Waals surface area contributed by atoms with Gasteiger partial charge >= 0.3 is 0 Å². The lowest BCUT2D eigenvalue weighted by Crippen LogP contribution is -2.47. The summed E-state index contributed by atoms with van der Waals surface area (Å²) in [5.74, 6) is -0.0757. The predicted molar refractivity (Wildman–Crippen MR) is 121 cm³/mol. The maximum atomic E-state index is 13.3. The topological polar surface area (TPSA) is 74.8 Å². The molecule has 1 amide bonds. The molecule has 1 aromatic carbocycles. The van der Waals surface area contributed by atoms with Crippen molar-refractivity contribution in [3.63, 3.8) is 0 Å². The Kier molecular flexibility index (Phi) is 6.32. The van der Waals surface area contributed by atoms with E-state index in [2.05, 4.69) is 18.4 Å². The van der Waals surface area contributed by atoms with E-state index in [1.165, 1.54) is 33.8 Å². The average molecular weight is 461 g/mol. The fourth-order valence-electron chi connectivity index (χ4n) is 4.69. The van der Waals surface area contributed by atoms with Crippen molar-refractivity contribution < 1.29 is 18.0 Å². The molecule has 6 nitrogen and oxygen atoms in total. The smallest absolute Gasteiger partial charge is 0.243 e. The van der Waals surface area contributed by atoms with Crippen LogP contribution in [-0.2, 0) is 21.2 Å². The zero-order valence-electron chi connectivity index (χ0n) is 17.9. The van der Waals surface area contributed by atoms with Crippen LogP contribution >= 0.6 is 11.3 Å². The molecule has 0 saturated carbocycles. The number of Topliss-reactive ketones (excluding diaryl/α,β-unsaturated/α-hetero) is 1. The van der Waals surface area contributed by atoms with Gasteiger partial charge in [0, 0.05) is 36.0 Å². The molecule has 166 valence electrons. The van der Waals surface area contributed by atoms with Crippen LogP contribution in [-0.4, -0.2) is 48.9 Å². The lowest BCUT2D eigenvalue weighted by molar-refractivity contribution is -0.139. The Bertz CT molecular complexity index is 1070. The molecule has 0 radical (unpaired) electrons. The van der Waals surface area contributed by atoms with Crippen molar-refractivity contribution in [2.24, 2.45) is 5.92 Å². The molecule has 0 unspecified atom stereocenters. The molecule has 0 N–H and O–H groups in total.